The lowest BCUT2D eigenvalue weighted by Crippen LogP contribution is -1.99. The van der Waals surface area contributed by atoms with Gasteiger partial charge in [0, 0.05) is 21.6 Å². The third-order valence-corrected chi connectivity index (χ3v) is 2.83. The summed E-state index contributed by atoms with van der Waals surface area (Å²) in [6.45, 7) is 0.249. The normalized spacial score (nSPS) is 10.4. The fourth-order valence-electron chi connectivity index (χ4n) is 1.08. The lowest BCUT2D eigenvalue weighted by molar-refractivity contribution is 0.302. The minimum Gasteiger partial charge on any atom is -0.487 e. The van der Waals surface area contributed by atoms with E-state index in [2.05, 4.69) is 9.59 Å². The molecule has 1 heterocycles. The fourth-order valence-corrected chi connectivity index (χ4v) is 2.02. The van der Waals surface area contributed by atoms with Crippen LogP contribution in [0.25, 0.3) is 0 Å². The molecule has 0 aliphatic carbocycles. The molecule has 2 rings (SSSR count). The number of hydrogen-bond acceptors (Lipinski definition) is 5. The van der Waals surface area contributed by atoms with Crippen LogP contribution < -0.4 is 10.5 Å². The molecule has 0 aliphatic heterocycles. The van der Waals surface area contributed by atoms with E-state index in [1.807, 2.05) is 0 Å². The van der Waals surface area contributed by atoms with Crippen LogP contribution in [0, 0.1) is 0 Å². The molecule has 84 valence electrons. The molecule has 0 bridgehead atoms. The third-order valence-electron chi connectivity index (χ3n) is 1.80. The zero-order valence-corrected chi connectivity index (χ0v) is 10.3. The predicted octanol–water partition coefficient (Wildman–Crippen LogP) is 3.01. The topological polar surface area (TPSA) is 61.0 Å². The predicted molar refractivity (Wildman–Crippen MR) is 65.1 cm³/mol. The lowest BCUT2D eigenvalue weighted by Gasteiger charge is -2.05. The number of benzene rings is 1. The van der Waals surface area contributed by atoms with Crippen molar-refractivity contribution < 1.29 is 4.74 Å². The summed E-state index contributed by atoms with van der Waals surface area (Å²) in [6.07, 6.45) is 0. The first kappa shape index (κ1) is 11.4. The van der Waals surface area contributed by atoms with Crippen molar-refractivity contribution in [3.05, 3.63) is 33.9 Å². The highest BCUT2D eigenvalue weighted by molar-refractivity contribution is 7.09. The lowest BCUT2D eigenvalue weighted by atomic mass is 10.3. The van der Waals surface area contributed by atoms with Crippen molar-refractivity contribution in [2.75, 3.05) is 5.73 Å². The minimum atomic E-state index is 0.249. The number of halogens is 2. The van der Waals surface area contributed by atoms with Crippen LogP contribution in [0.2, 0.25) is 10.0 Å². The van der Waals surface area contributed by atoms with E-state index >= 15 is 0 Å². The van der Waals surface area contributed by atoms with Gasteiger partial charge < -0.3 is 10.5 Å². The first-order valence-corrected chi connectivity index (χ1v) is 5.83. The van der Waals surface area contributed by atoms with Crippen LogP contribution in [0.4, 0.5) is 5.00 Å². The third kappa shape index (κ3) is 2.75. The van der Waals surface area contributed by atoms with Crippen LogP contribution in [-0.4, -0.2) is 9.59 Å². The van der Waals surface area contributed by atoms with Crippen LogP contribution >= 0.6 is 34.7 Å². The molecule has 0 radical (unpaired) electrons. The minimum absolute atomic E-state index is 0.249. The average molecular weight is 276 g/mol. The molecular formula is C9H7Cl2N3OS. The number of aromatic nitrogens is 2. The molecule has 0 saturated carbocycles. The maximum absolute atomic E-state index is 5.83. The maximum atomic E-state index is 5.83. The molecule has 1 aromatic heterocycles. The molecule has 16 heavy (non-hydrogen) atoms. The van der Waals surface area contributed by atoms with Gasteiger partial charge in [-0.25, -0.2) is 0 Å². The molecule has 0 saturated heterocycles. The number of nitrogens with two attached hydrogens (primary N) is 1. The van der Waals surface area contributed by atoms with Gasteiger partial charge in [-0.15, -0.1) is 5.10 Å². The van der Waals surface area contributed by atoms with Gasteiger partial charge in [-0.3, -0.25) is 0 Å². The SMILES string of the molecule is Nc1snnc1COc1cc(Cl)cc(Cl)c1. The molecule has 1 aromatic carbocycles. The summed E-state index contributed by atoms with van der Waals surface area (Å²) in [7, 11) is 0. The Morgan fingerprint density at radius 2 is 1.94 bits per heavy atom. The van der Waals surface area contributed by atoms with Crippen LogP contribution in [0.15, 0.2) is 18.2 Å². The summed E-state index contributed by atoms with van der Waals surface area (Å²) in [5.41, 5.74) is 6.24. The van der Waals surface area contributed by atoms with E-state index in [9.17, 15) is 0 Å². The van der Waals surface area contributed by atoms with Crippen LogP contribution in [0.1, 0.15) is 5.69 Å². The molecule has 4 nitrogen and oxygen atoms in total. The molecule has 0 spiro atoms. The van der Waals surface area contributed by atoms with Crippen LogP contribution in [-0.2, 0) is 6.61 Å². The van der Waals surface area contributed by atoms with Gasteiger partial charge in [0.15, 0.2) is 0 Å². The van der Waals surface area contributed by atoms with Crippen molar-refractivity contribution in [1.82, 2.24) is 9.59 Å². The van der Waals surface area contributed by atoms with Gasteiger partial charge >= 0.3 is 0 Å². The van der Waals surface area contributed by atoms with Gasteiger partial charge in [-0.1, -0.05) is 27.7 Å². The zero-order chi connectivity index (χ0) is 11.5. The van der Waals surface area contributed by atoms with Gasteiger partial charge in [0.1, 0.15) is 23.1 Å². The van der Waals surface area contributed by atoms with E-state index in [1.165, 1.54) is 0 Å². The smallest absolute Gasteiger partial charge is 0.136 e. The van der Waals surface area contributed by atoms with Gasteiger partial charge in [-0.05, 0) is 18.2 Å². The highest BCUT2D eigenvalue weighted by atomic mass is 35.5. The molecule has 0 unspecified atom stereocenters. The number of nitrogens with zero attached hydrogens (tertiary/aromatic N) is 2. The summed E-state index contributed by atoms with van der Waals surface area (Å²) in [5, 5.41) is 5.42. The Balaban J connectivity index is 2.07. The highest BCUT2D eigenvalue weighted by Crippen LogP contribution is 2.25. The molecule has 0 aliphatic rings. The van der Waals surface area contributed by atoms with Crippen molar-refractivity contribution in [2.45, 2.75) is 6.61 Å². The van der Waals surface area contributed by atoms with Gasteiger partial charge in [0.25, 0.3) is 0 Å². The zero-order valence-electron chi connectivity index (χ0n) is 7.98. The Morgan fingerprint density at radius 3 is 2.50 bits per heavy atom. The summed E-state index contributed by atoms with van der Waals surface area (Å²) >= 11 is 12.8. The van der Waals surface area contributed by atoms with E-state index in [4.69, 9.17) is 33.7 Å². The Morgan fingerprint density at radius 1 is 1.25 bits per heavy atom. The maximum Gasteiger partial charge on any atom is 0.136 e. The quantitative estimate of drug-likeness (QED) is 0.936. The summed E-state index contributed by atoms with van der Waals surface area (Å²) < 4.78 is 9.15. The Kier molecular flexibility index (Phi) is 3.48. The largest absolute Gasteiger partial charge is 0.487 e. The van der Waals surface area contributed by atoms with Crippen molar-refractivity contribution in [2.24, 2.45) is 0 Å². The van der Waals surface area contributed by atoms with Crippen molar-refractivity contribution in [3.63, 3.8) is 0 Å². The first-order chi connectivity index (χ1) is 7.65. The molecule has 0 fully saturated rings. The second-order valence-electron chi connectivity index (χ2n) is 2.98. The standard InChI is InChI=1S/C9H7Cl2N3OS/c10-5-1-6(11)3-7(2-5)15-4-8-9(12)16-14-13-8/h1-3H,4,12H2. The Labute approximate surface area is 106 Å². The van der Waals surface area contributed by atoms with Crippen LogP contribution in [0.5, 0.6) is 5.75 Å². The van der Waals surface area contributed by atoms with Gasteiger partial charge in [0.05, 0.1) is 0 Å². The monoisotopic (exact) mass is 275 g/mol. The second-order valence-corrected chi connectivity index (χ2v) is 4.64. The fraction of sp³-hybridized carbons (Fsp3) is 0.111. The number of nitrogen functional groups attached to an aromatic ring is 1. The Bertz CT molecular complexity index is 483. The Hall–Kier alpha value is -1.04. The van der Waals surface area contributed by atoms with E-state index in [0.29, 0.717) is 26.5 Å². The van der Waals surface area contributed by atoms with Crippen molar-refractivity contribution >= 4 is 39.7 Å². The van der Waals surface area contributed by atoms with E-state index in [1.54, 1.807) is 18.2 Å². The summed E-state index contributed by atoms with van der Waals surface area (Å²) in [5.74, 6) is 0.574. The molecular weight excluding hydrogens is 269 g/mol. The molecule has 7 heteroatoms. The average Bonchev–Trinajstić information content (AvgIpc) is 2.59. The first-order valence-electron chi connectivity index (χ1n) is 4.31. The molecule has 0 amide bonds. The molecule has 2 aromatic rings. The van der Waals surface area contributed by atoms with Crippen molar-refractivity contribution in [1.29, 1.82) is 0 Å². The van der Waals surface area contributed by atoms with Gasteiger partial charge in [-0.2, -0.15) is 0 Å². The van der Waals surface area contributed by atoms with E-state index in [-0.39, 0.29) is 6.61 Å². The molecule has 2 N–H and O–H groups in total. The highest BCUT2D eigenvalue weighted by Gasteiger charge is 2.05. The number of anilines is 1. The summed E-state index contributed by atoms with van der Waals surface area (Å²) in [4.78, 5) is 0. The van der Waals surface area contributed by atoms with Crippen LogP contribution in [0.3, 0.4) is 0 Å². The number of ether oxygens (including phenoxy) is 1. The number of hydrogen-bond donors (Lipinski definition) is 1. The molecule has 0 atom stereocenters. The second kappa shape index (κ2) is 4.86. The number of rotatable bonds is 3. The van der Waals surface area contributed by atoms with Crippen molar-refractivity contribution in [3.8, 4) is 5.75 Å². The van der Waals surface area contributed by atoms with E-state index in [0.717, 1.165) is 11.5 Å². The van der Waals surface area contributed by atoms with Gasteiger partial charge in [0.2, 0.25) is 0 Å². The summed E-state index contributed by atoms with van der Waals surface area (Å²) in [6, 6.07) is 4.97. The van der Waals surface area contributed by atoms with E-state index < -0.39 is 0 Å².